The molecule has 3 aromatic carbocycles. The molecule has 3 rings (SSSR count). The lowest BCUT2D eigenvalue weighted by atomic mass is 10.1. The molecule has 2 N–H and O–H groups in total. The maximum atomic E-state index is 13.0. The van der Waals surface area contributed by atoms with Gasteiger partial charge in [-0.1, -0.05) is 24.3 Å². The second-order valence-electron chi connectivity index (χ2n) is 6.68. The Morgan fingerprint density at radius 2 is 1.25 bits per heavy atom. The van der Waals surface area contributed by atoms with Gasteiger partial charge in [-0.3, -0.25) is 9.59 Å². The molecule has 0 spiro atoms. The van der Waals surface area contributed by atoms with Gasteiger partial charge in [-0.25, -0.2) is 0 Å². The predicted molar refractivity (Wildman–Crippen MR) is 124 cm³/mol. The first kappa shape index (κ1) is 22.7. The Bertz CT molecular complexity index is 1100. The van der Waals surface area contributed by atoms with Crippen molar-refractivity contribution in [3.05, 3.63) is 77.9 Å². The summed E-state index contributed by atoms with van der Waals surface area (Å²) in [5.74, 6) is 0.690. The molecule has 3 aromatic rings. The number of rotatable bonds is 9. The smallest absolute Gasteiger partial charge is 0.259 e. The highest BCUT2D eigenvalue weighted by atomic mass is 16.5. The van der Waals surface area contributed by atoms with Crippen molar-refractivity contribution in [2.24, 2.45) is 0 Å². The number of carbonyl (C=O) groups excluding carboxylic acids is 2. The van der Waals surface area contributed by atoms with Gasteiger partial charge < -0.3 is 24.8 Å². The summed E-state index contributed by atoms with van der Waals surface area (Å²) in [4.78, 5) is 25.9. The SMILES string of the molecule is CCOc1ccccc1NC(=O)c1ccc(OC)c(C(=O)Nc2ccccc2OCC)c1. The number of hydrogen-bond acceptors (Lipinski definition) is 5. The summed E-state index contributed by atoms with van der Waals surface area (Å²) in [5, 5.41) is 5.67. The molecule has 0 heterocycles. The summed E-state index contributed by atoms with van der Waals surface area (Å²) in [7, 11) is 1.47. The van der Waals surface area contributed by atoms with Gasteiger partial charge in [0.25, 0.3) is 11.8 Å². The zero-order valence-electron chi connectivity index (χ0n) is 18.3. The molecule has 0 radical (unpaired) electrons. The molecule has 0 aliphatic rings. The lowest BCUT2D eigenvalue weighted by molar-refractivity contribution is 0.102. The third-order valence-electron chi connectivity index (χ3n) is 4.58. The Kier molecular flexibility index (Phi) is 7.70. The van der Waals surface area contributed by atoms with Crippen molar-refractivity contribution in [1.29, 1.82) is 0 Å². The Labute approximate surface area is 187 Å². The standard InChI is InChI=1S/C25H26N2O5/c1-4-31-22-12-8-6-10-19(22)26-24(28)17-14-15-21(30-3)18(16-17)25(29)27-20-11-7-9-13-23(20)32-5-2/h6-16H,4-5H2,1-3H3,(H,26,28)(H,27,29). The van der Waals surface area contributed by atoms with Crippen LogP contribution in [0.3, 0.4) is 0 Å². The van der Waals surface area contributed by atoms with Crippen LogP contribution in [-0.2, 0) is 0 Å². The van der Waals surface area contributed by atoms with Crippen LogP contribution < -0.4 is 24.8 Å². The third-order valence-corrected chi connectivity index (χ3v) is 4.58. The fourth-order valence-corrected chi connectivity index (χ4v) is 3.11. The number of hydrogen-bond donors (Lipinski definition) is 2. The topological polar surface area (TPSA) is 85.9 Å². The number of carbonyl (C=O) groups is 2. The molecule has 0 aliphatic heterocycles. The number of amides is 2. The molecule has 0 aromatic heterocycles. The van der Waals surface area contributed by atoms with Crippen LogP contribution in [0.15, 0.2) is 66.7 Å². The van der Waals surface area contributed by atoms with Gasteiger partial charge in [0, 0.05) is 5.56 Å². The molecule has 0 aliphatic carbocycles. The van der Waals surface area contributed by atoms with Gasteiger partial charge in [-0.15, -0.1) is 0 Å². The van der Waals surface area contributed by atoms with Crippen LogP contribution in [0, 0.1) is 0 Å². The predicted octanol–water partition coefficient (Wildman–Crippen LogP) is 5.00. The fraction of sp³-hybridized carbons (Fsp3) is 0.200. The van der Waals surface area contributed by atoms with Crippen molar-refractivity contribution in [2.45, 2.75) is 13.8 Å². The van der Waals surface area contributed by atoms with Crippen LogP contribution in [-0.4, -0.2) is 32.1 Å². The van der Waals surface area contributed by atoms with E-state index >= 15 is 0 Å². The molecular weight excluding hydrogens is 408 g/mol. The third kappa shape index (κ3) is 5.37. The van der Waals surface area contributed by atoms with Crippen molar-refractivity contribution in [3.63, 3.8) is 0 Å². The second-order valence-corrected chi connectivity index (χ2v) is 6.68. The molecule has 0 unspecified atom stereocenters. The molecule has 7 nitrogen and oxygen atoms in total. The molecule has 7 heteroatoms. The Morgan fingerprint density at radius 1 is 0.719 bits per heavy atom. The quantitative estimate of drug-likeness (QED) is 0.495. The van der Waals surface area contributed by atoms with Gasteiger partial charge in [0.1, 0.15) is 17.2 Å². The first-order valence-corrected chi connectivity index (χ1v) is 10.3. The Morgan fingerprint density at radius 3 is 1.78 bits per heavy atom. The van der Waals surface area contributed by atoms with Crippen LogP contribution in [0.4, 0.5) is 11.4 Å². The molecule has 0 atom stereocenters. The Hall–Kier alpha value is -4.00. The van der Waals surface area contributed by atoms with Crippen molar-refractivity contribution >= 4 is 23.2 Å². The summed E-state index contributed by atoms with van der Waals surface area (Å²) < 4.78 is 16.5. The maximum Gasteiger partial charge on any atom is 0.259 e. The van der Waals surface area contributed by atoms with E-state index in [1.807, 2.05) is 26.0 Å². The zero-order valence-corrected chi connectivity index (χ0v) is 18.3. The van der Waals surface area contributed by atoms with Gasteiger partial charge in [-0.2, -0.15) is 0 Å². The minimum atomic E-state index is -0.418. The first-order valence-electron chi connectivity index (χ1n) is 10.3. The van der Waals surface area contributed by atoms with Gasteiger partial charge in [0.2, 0.25) is 0 Å². The van der Waals surface area contributed by atoms with Crippen LogP contribution >= 0.6 is 0 Å². The monoisotopic (exact) mass is 434 g/mol. The lowest BCUT2D eigenvalue weighted by Crippen LogP contribution is -2.17. The molecule has 0 bridgehead atoms. The highest BCUT2D eigenvalue weighted by Gasteiger charge is 2.18. The zero-order chi connectivity index (χ0) is 22.9. The van der Waals surface area contributed by atoms with Crippen LogP contribution in [0.5, 0.6) is 17.2 Å². The van der Waals surface area contributed by atoms with Crippen LogP contribution in [0.2, 0.25) is 0 Å². The van der Waals surface area contributed by atoms with E-state index < -0.39 is 5.91 Å². The van der Waals surface area contributed by atoms with E-state index in [4.69, 9.17) is 14.2 Å². The van der Waals surface area contributed by atoms with Crippen molar-refractivity contribution in [1.82, 2.24) is 0 Å². The average molecular weight is 434 g/mol. The molecule has 0 saturated carbocycles. The minimum absolute atomic E-state index is 0.226. The molecule has 166 valence electrons. The highest BCUT2D eigenvalue weighted by molar-refractivity contribution is 6.10. The Balaban J connectivity index is 1.86. The van der Waals surface area contributed by atoms with Gasteiger partial charge in [-0.05, 0) is 56.3 Å². The number of anilines is 2. The summed E-state index contributed by atoms with van der Waals surface area (Å²) in [6.45, 7) is 4.68. The first-order chi connectivity index (χ1) is 15.6. The molecule has 2 amide bonds. The van der Waals surface area contributed by atoms with E-state index in [-0.39, 0.29) is 11.5 Å². The van der Waals surface area contributed by atoms with E-state index in [9.17, 15) is 9.59 Å². The summed E-state index contributed by atoms with van der Waals surface area (Å²) in [6, 6.07) is 19.0. The second kappa shape index (κ2) is 10.9. The maximum absolute atomic E-state index is 13.0. The van der Waals surface area contributed by atoms with Crippen LogP contribution in [0.25, 0.3) is 0 Å². The normalized spacial score (nSPS) is 10.2. The molecule has 0 saturated heterocycles. The molecular formula is C25H26N2O5. The van der Waals surface area contributed by atoms with Gasteiger partial charge in [0.15, 0.2) is 0 Å². The van der Waals surface area contributed by atoms with Crippen LogP contribution in [0.1, 0.15) is 34.6 Å². The highest BCUT2D eigenvalue weighted by Crippen LogP contribution is 2.28. The van der Waals surface area contributed by atoms with E-state index in [2.05, 4.69) is 10.6 Å². The van der Waals surface area contributed by atoms with E-state index in [0.717, 1.165) is 0 Å². The number of para-hydroxylation sites is 4. The number of ether oxygens (including phenoxy) is 3. The van der Waals surface area contributed by atoms with Crippen molar-refractivity contribution in [2.75, 3.05) is 31.0 Å². The number of methoxy groups -OCH3 is 1. The van der Waals surface area contributed by atoms with E-state index in [0.29, 0.717) is 47.4 Å². The minimum Gasteiger partial charge on any atom is -0.496 e. The average Bonchev–Trinajstić information content (AvgIpc) is 2.81. The summed E-state index contributed by atoms with van der Waals surface area (Å²) in [6.07, 6.45) is 0. The van der Waals surface area contributed by atoms with Crippen molar-refractivity contribution < 1.29 is 23.8 Å². The van der Waals surface area contributed by atoms with Gasteiger partial charge >= 0.3 is 0 Å². The van der Waals surface area contributed by atoms with Crippen molar-refractivity contribution in [3.8, 4) is 17.2 Å². The molecule has 32 heavy (non-hydrogen) atoms. The molecule has 0 fully saturated rings. The summed E-state index contributed by atoms with van der Waals surface area (Å²) in [5.41, 5.74) is 1.61. The number of nitrogens with one attached hydrogen (secondary N) is 2. The summed E-state index contributed by atoms with van der Waals surface area (Å²) >= 11 is 0. The van der Waals surface area contributed by atoms with E-state index in [1.54, 1.807) is 48.5 Å². The number of benzene rings is 3. The largest absolute Gasteiger partial charge is 0.496 e. The van der Waals surface area contributed by atoms with Gasteiger partial charge in [0.05, 0.1) is 37.3 Å². The lowest BCUT2D eigenvalue weighted by Gasteiger charge is -2.14. The van der Waals surface area contributed by atoms with E-state index in [1.165, 1.54) is 13.2 Å². The fourth-order valence-electron chi connectivity index (χ4n) is 3.11.